The normalized spacial score (nSPS) is 17.7. The van der Waals surface area contributed by atoms with Gasteiger partial charge < -0.3 is 10.0 Å². The van der Waals surface area contributed by atoms with Crippen LogP contribution in [0.2, 0.25) is 0 Å². The molecular weight excluding hydrogens is 230 g/mol. The van der Waals surface area contributed by atoms with E-state index in [1.165, 1.54) is 0 Å². The average Bonchev–Trinajstić information content (AvgIpc) is 2.80. The van der Waals surface area contributed by atoms with Gasteiger partial charge in [0.15, 0.2) is 0 Å². The van der Waals surface area contributed by atoms with Crippen molar-refractivity contribution in [2.75, 3.05) is 13.1 Å². The van der Waals surface area contributed by atoms with E-state index in [2.05, 4.69) is 6.92 Å². The molecule has 1 aliphatic carbocycles. The van der Waals surface area contributed by atoms with E-state index in [1.54, 1.807) is 4.90 Å². The maximum Gasteiger partial charge on any atom is 0.310 e. The molecule has 0 saturated heterocycles. The van der Waals surface area contributed by atoms with Gasteiger partial charge in [0.1, 0.15) is 0 Å². The van der Waals surface area contributed by atoms with E-state index in [1.807, 2.05) is 6.92 Å². The summed E-state index contributed by atoms with van der Waals surface area (Å²) in [6.07, 6.45) is 5.38. The first-order valence-corrected chi connectivity index (χ1v) is 7.07. The number of hydrogen-bond donors (Lipinski definition) is 1. The minimum atomic E-state index is -0.792. The van der Waals surface area contributed by atoms with Gasteiger partial charge in [-0.05, 0) is 26.2 Å². The summed E-state index contributed by atoms with van der Waals surface area (Å²) in [5.74, 6) is -0.782. The van der Waals surface area contributed by atoms with Crippen molar-refractivity contribution in [1.29, 1.82) is 0 Å². The second kappa shape index (κ2) is 6.76. The monoisotopic (exact) mass is 255 g/mol. The molecule has 0 aromatic rings. The zero-order valence-corrected chi connectivity index (χ0v) is 11.6. The molecule has 0 aromatic heterocycles. The highest BCUT2D eigenvalue weighted by Crippen LogP contribution is 2.41. The molecule has 0 bridgehead atoms. The van der Waals surface area contributed by atoms with Crippen LogP contribution >= 0.6 is 0 Å². The molecule has 0 aliphatic heterocycles. The third-order valence-corrected chi connectivity index (χ3v) is 4.02. The fraction of sp³-hybridized carbons (Fsp3) is 0.857. The molecule has 104 valence electrons. The molecule has 1 amide bonds. The van der Waals surface area contributed by atoms with Gasteiger partial charge in [0.25, 0.3) is 0 Å². The lowest BCUT2D eigenvalue weighted by atomic mass is 9.82. The minimum Gasteiger partial charge on any atom is -0.481 e. The fourth-order valence-corrected chi connectivity index (χ4v) is 2.73. The van der Waals surface area contributed by atoms with Crippen LogP contribution in [0.4, 0.5) is 0 Å². The Bertz CT molecular complexity index is 295. The maximum absolute atomic E-state index is 12.2. The molecule has 1 rings (SSSR count). The Balaban J connectivity index is 2.62. The van der Waals surface area contributed by atoms with Gasteiger partial charge in [-0.3, -0.25) is 9.59 Å². The number of hydrogen-bond acceptors (Lipinski definition) is 2. The number of amides is 1. The van der Waals surface area contributed by atoms with Crippen molar-refractivity contribution in [3.63, 3.8) is 0 Å². The first-order valence-electron chi connectivity index (χ1n) is 7.07. The van der Waals surface area contributed by atoms with E-state index < -0.39 is 11.4 Å². The van der Waals surface area contributed by atoms with Crippen molar-refractivity contribution >= 4 is 11.9 Å². The molecule has 1 fully saturated rings. The van der Waals surface area contributed by atoms with Crippen molar-refractivity contribution in [3.05, 3.63) is 0 Å². The number of carbonyl (C=O) groups is 2. The third-order valence-electron chi connectivity index (χ3n) is 4.02. The quantitative estimate of drug-likeness (QED) is 0.761. The Morgan fingerprint density at radius 3 is 2.28 bits per heavy atom. The summed E-state index contributed by atoms with van der Waals surface area (Å²) < 4.78 is 0. The Labute approximate surface area is 109 Å². The number of carbonyl (C=O) groups excluding carboxylic acids is 1. The Morgan fingerprint density at radius 1 is 1.22 bits per heavy atom. The van der Waals surface area contributed by atoms with Gasteiger partial charge in [0.05, 0.1) is 5.41 Å². The average molecular weight is 255 g/mol. The number of carboxylic acid groups (broad SMARTS) is 1. The van der Waals surface area contributed by atoms with Gasteiger partial charge >= 0.3 is 5.97 Å². The van der Waals surface area contributed by atoms with Crippen molar-refractivity contribution in [1.82, 2.24) is 4.90 Å². The largest absolute Gasteiger partial charge is 0.481 e. The van der Waals surface area contributed by atoms with Crippen LogP contribution in [-0.4, -0.2) is 35.0 Å². The SMILES string of the molecule is CCCCN(CC)C(=O)CC1(C(=O)O)CCCC1. The topological polar surface area (TPSA) is 57.6 Å². The molecule has 18 heavy (non-hydrogen) atoms. The van der Waals surface area contributed by atoms with E-state index in [9.17, 15) is 14.7 Å². The van der Waals surface area contributed by atoms with Crippen LogP contribution in [0.3, 0.4) is 0 Å². The third kappa shape index (κ3) is 3.47. The van der Waals surface area contributed by atoms with Crippen molar-refractivity contribution < 1.29 is 14.7 Å². The van der Waals surface area contributed by atoms with Gasteiger partial charge in [0, 0.05) is 19.5 Å². The fourth-order valence-electron chi connectivity index (χ4n) is 2.73. The molecule has 0 unspecified atom stereocenters. The Kier molecular flexibility index (Phi) is 5.63. The molecule has 1 saturated carbocycles. The molecule has 1 N–H and O–H groups in total. The smallest absolute Gasteiger partial charge is 0.310 e. The van der Waals surface area contributed by atoms with Gasteiger partial charge in [-0.15, -0.1) is 0 Å². The predicted molar refractivity (Wildman–Crippen MR) is 70.3 cm³/mol. The first kappa shape index (κ1) is 15.0. The van der Waals surface area contributed by atoms with E-state index in [0.717, 1.165) is 32.2 Å². The van der Waals surface area contributed by atoms with Gasteiger partial charge in [-0.25, -0.2) is 0 Å². The maximum atomic E-state index is 12.2. The summed E-state index contributed by atoms with van der Waals surface area (Å²) in [6.45, 7) is 5.47. The molecule has 0 radical (unpaired) electrons. The zero-order chi connectivity index (χ0) is 13.6. The van der Waals surface area contributed by atoms with Crippen molar-refractivity contribution in [3.8, 4) is 0 Å². The number of carboxylic acids is 1. The molecule has 0 spiro atoms. The molecule has 0 aromatic carbocycles. The van der Waals surface area contributed by atoms with Crippen LogP contribution in [0, 0.1) is 5.41 Å². The van der Waals surface area contributed by atoms with Crippen LogP contribution in [0.15, 0.2) is 0 Å². The lowest BCUT2D eigenvalue weighted by molar-refractivity contribution is -0.153. The highest BCUT2D eigenvalue weighted by Gasteiger charge is 2.43. The Hall–Kier alpha value is -1.06. The minimum absolute atomic E-state index is 0.00949. The molecule has 4 heteroatoms. The lowest BCUT2D eigenvalue weighted by Gasteiger charge is -2.28. The number of nitrogens with zero attached hydrogens (tertiary/aromatic N) is 1. The molecule has 4 nitrogen and oxygen atoms in total. The van der Waals surface area contributed by atoms with E-state index in [4.69, 9.17) is 0 Å². The highest BCUT2D eigenvalue weighted by atomic mass is 16.4. The van der Waals surface area contributed by atoms with Crippen molar-refractivity contribution in [2.45, 2.75) is 58.8 Å². The van der Waals surface area contributed by atoms with E-state index in [0.29, 0.717) is 19.4 Å². The molecule has 1 aliphatic rings. The van der Waals surface area contributed by atoms with Crippen LogP contribution in [0.5, 0.6) is 0 Å². The van der Waals surface area contributed by atoms with Crippen LogP contribution in [0.1, 0.15) is 58.8 Å². The second-order valence-electron chi connectivity index (χ2n) is 5.30. The summed E-state index contributed by atoms with van der Waals surface area (Å²) in [5, 5.41) is 9.37. The molecular formula is C14H25NO3. The Morgan fingerprint density at radius 2 is 1.83 bits per heavy atom. The lowest BCUT2D eigenvalue weighted by Crippen LogP contribution is -2.38. The molecule has 0 heterocycles. The summed E-state index contributed by atoms with van der Waals surface area (Å²) in [6, 6.07) is 0. The van der Waals surface area contributed by atoms with E-state index in [-0.39, 0.29) is 12.3 Å². The standard InChI is InChI=1S/C14H25NO3/c1-3-5-10-15(4-2)12(16)11-14(13(17)18)8-6-7-9-14/h3-11H2,1-2H3,(H,17,18). The molecule has 0 atom stereocenters. The first-order chi connectivity index (χ1) is 8.55. The number of rotatable bonds is 7. The van der Waals surface area contributed by atoms with Gasteiger partial charge in [-0.2, -0.15) is 0 Å². The van der Waals surface area contributed by atoms with Crippen LogP contribution in [-0.2, 0) is 9.59 Å². The van der Waals surface area contributed by atoms with Crippen LogP contribution < -0.4 is 0 Å². The number of aliphatic carboxylic acids is 1. The van der Waals surface area contributed by atoms with Crippen LogP contribution in [0.25, 0.3) is 0 Å². The van der Waals surface area contributed by atoms with Gasteiger partial charge in [0.2, 0.25) is 5.91 Å². The van der Waals surface area contributed by atoms with Crippen molar-refractivity contribution in [2.24, 2.45) is 5.41 Å². The summed E-state index contributed by atoms with van der Waals surface area (Å²) in [7, 11) is 0. The summed E-state index contributed by atoms with van der Waals surface area (Å²) >= 11 is 0. The zero-order valence-electron chi connectivity index (χ0n) is 11.6. The van der Waals surface area contributed by atoms with Gasteiger partial charge in [-0.1, -0.05) is 26.2 Å². The summed E-state index contributed by atoms with van der Waals surface area (Å²) in [4.78, 5) is 25.4. The number of unbranched alkanes of at least 4 members (excludes halogenated alkanes) is 1. The van der Waals surface area contributed by atoms with E-state index >= 15 is 0 Å². The predicted octanol–water partition coefficient (Wildman–Crippen LogP) is 2.67. The highest BCUT2D eigenvalue weighted by molar-refractivity contribution is 5.85. The summed E-state index contributed by atoms with van der Waals surface area (Å²) in [5.41, 5.74) is -0.781. The second-order valence-corrected chi connectivity index (χ2v) is 5.30.